The van der Waals surface area contributed by atoms with Crippen molar-refractivity contribution in [1.29, 1.82) is 0 Å². The van der Waals surface area contributed by atoms with Gasteiger partial charge in [-0.1, -0.05) is 6.07 Å². The van der Waals surface area contributed by atoms with Crippen molar-refractivity contribution in [2.75, 3.05) is 14.2 Å². The lowest BCUT2D eigenvalue weighted by atomic mass is 10.0. The molecule has 8 nitrogen and oxygen atoms in total. The van der Waals surface area contributed by atoms with Crippen LogP contribution in [0.15, 0.2) is 39.7 Å². The van der Waals surface area contributed by atoms with Crippen molar-refractivity contribution in [1.82, 2.24) is 4.90 Å². The van der Waals surface area contributed by atoms with Gasteiger partial charge in [-0.2, -0.15) is 0 Å². The maximum absolute atomic E-state index is 12.6. The van der Waals surface area contributed by atoms with Crippen LogP contribution in [0, 0.1) is 6.92 Å². The van der Waals surface area contributed by atoms with E-state index in [1.807, 2.05) is 6.92 Å². The standard InChI is InChI=1S/C21H19NO7S/c1-11-9-13(20(25)28-4)5-7-15(11)16-8-6-14(29-16)10-17-18(23)22(21(26)30-17)12(2)19(24)27-3/h5-10,12H,1-4H3/b17-10+/t12-/m0/s1. The van der Waals surface area contributed by atoms with Crippen LogP contribution >= 0.6 is 11.8 Å². The first-order valence-corrected chi connectivity index (χ1v) is 9.72. The monoisotopic (exact) mass is 429 g/mol. The zero-order chi connectivity index (χ0) is 22.0. The van der Waals surface area contributed by atoms with Crippen molar-refractivity contribution in [3.63, 3.8) is 0 Å². The lowest BCUT2D eigenvalue weighted by Gasteiger charge is -2.18. The number of hydrogen-bond donors (Lipinski definition) is 0. The first-order chi connectivity index (χ1) is 14.3. The molecular formula is C21H19NO7S. The lowest BCUT2D eigenvalue weighted by Crippen LogP contribution is -2.42. The summed E-state index contributed by atoms with van der Waals surface area (Å²) in [6.45, 7) is 3.26. The average molecular weight is 429 g/mol. The number of amides is 2. The number of imide groups is 1. The smallest absolute Gasteiger partial charge is 0.337 e. The van der Waals surface area contributed by atoms with Crippen molar-refractivity contribution < 1.29 is 33.1 Å². The second-order valence-electron chi connectivity index (χ2n) is 6.47. The fourth-order valence-electron chi connectivity index (χ4n) is 2.98. The Kier molecular flexibility index (Phi) is 6.12. The Hall–Kier alpha value is -3.33. The minimum atomic E-state index is -1.02. The molecule has 0 radical (unpaired) electrons. The average Bonchev–Trinajstić information content (AvgIpc) is 3.30. The van der Waals surface area contributed by atoms with Crippen LogP contribution in [0.2, 0.25) is 0 Å². The second-order valence-corrected chi connectivity index (χ2v) is 7.47. The molecule has 9 heteroatoms. The van der Waals surface area contributed by atoms with Crippen molar-refractivity contribution in [3.05, 3.63) is 52.1 Å². The van der Waals surface area contributed by atoms with Gasteiger partial charge in [-0.25, -0.2) is 9.59 Å². The molecule has 156 valence electrons. The molecule has 1 aromatic heterocycles. The first kappa shape index (κ1) is 21.4. The van der Waals surface area contributed by atoms with Gasteiger partial charge in [-0.3, -0.25) is 14.5 Å². The Morgan fingerprint density at radius 3 is 2.50 bits per heavy atom. The maximum Gasteiger partial charge on any atom is 0.337 e. The Bertz CT molecular complexity index is 1070. The molecule has 1 saturated heterocycles. The normalized spacial score (nSPS) is 16.1. The van der Waals surface area contributed by atoms with Gasteiger partial charge < -0.3 is 13.9 Å². The van der Waals surface area contributed by atoms with Crippen molar-refractivity contribution >= 4 is 40.9 Å². The Morgan fingerprint density at radius 2 is 1.87 bits per heavy atom. The summed E-state index contributed by atoms with van der Waals surface area (Å²) in [6, 6.07) is 7.46. The number of rotatable bonds is 5. The minimum Gasteiger partial charge on any atom is -0.467 e. The molecule has 0 bridgehead atoms. The predicted molar refractivity (Wildman–Crippen MR) is 110 cm³/mol. The summed E-state index contributed by atoms with van der Waals surface area (Å²) in [5.41, 5.74) is 2.01. The molecule has 1 atom stereocenters. The van der Waals surface area contributed by atoms with E-state index < -0.39 is 29.1 Å². The van der Waals surface area contributed by atoms with Gasteiger partial charge in [0.15, 0.2) is 0 Å². The summed E-state index contributed by atoms with van der Waals surface area (Å²) < 4.78 is 15.1. The molecule has 2 aromatic rings. The summed E-state index contributed by atoms with van der Waals surface area (Å²) in [6.07, 6.45) is 1.45. The van der Waals surface area contributed by atoms with E-state index in [1.54, 1.807) is 30.3 Å². The van der Waals surface area contributed by atoms with Crippen LogP contribution in [0.4, 0.5) is 4.79 Å². The van der Waals surface area contributed by atoms with E-state index in [9.17, 15) is 19.2 Å². The third-order valence-electron chi connectivity index (χ3n) is 4.57. The van der Waals surface area contributed by atoms with E-state index in [-0.39, 0.29) is 4.91 Å². The van der Waals surface area contributed by atoms with E-state index >= 15 is 0 Å². The van der Waals surface area contributed by atoms with E-state index in [1.165, 1.54) is 27.2 Å². The van der Waals surface area contributed by atoms with Crippen LogP contribution in [-0.2, 0) is 19.1 Å². The largest absolute Gasteiger partial charge is 0.467 e. The third kappa shape index (κ3) is 4.02. The first-order valence-electron chi connectivity index (χ1n) is 8.91. The summed E-state index contributed by atoms with van der Waals surface area (Å²) in [5.74, 6) is -0.777. The number of methoxy groups -OCH3 is 2. The van der Waals surface area contributed by atoms with Crippen LogP contribution in [-0.4, -0.2) is 48.2 Å². The highest BCUT2D eigenvalue weighted by Gasteiger charge is 2.41. The predicted octanol–water partition coefficient (Wildman–Crippen LogP) is 3.64. The van der Waals surface area contributed by atoms with E-state index in [0.29, 0.717) is 17.1 Å². The Morgan fingerprint density at radius 1 is 1.13 bits per heavy atom. The number of esters is 2. The van der Waals surface area contributed by atoms with Gasteiger partial charge in [-0.05, 0) is 55.4 Å². The Balaban J connectivity index is 1.84. The lowest BCUT2D eigenvalue weighted by molar-refractivity contribution is -0.148. The third-order valence-corrected chi connectivity index (χ3v) is 5.45. The van der Waals surface area contributed by atoms with E-state index in [0.717, 1.165) is 27.8 Å². The van der Waals surface area contributed by atoms with Crippen LogP contribution in [0.25, 0.3) is 17.4 Å². The molecule has 0 unspecified atom stereocenters. The molecule has 30 heavy (non-hydrogen) atoms. The fraction of sp³-hybridized carbons (Fsp3) is 0.238. The van der Waals surface area contributed by atoms with Gasteiger partial charge >= 0.3 is 11.9 Å². The summed E-state index contributed by atoms with van der Waals surface area (Å²) >= 11 is 0.728. The fourth-order valence-corrected chi connectivity index (χ4v) is 3.87. The highest BCUT2D eigenvalue weighted by atomic mass is 32.2. The van der Waals surface area contributed by atoms with Crippen LogP contribution in [0.1, 0.15) is 28.6 Å². The molecule has 0 saturated carbocycles. The van der Waals surface area contributed by atoms with E-state index in [2.05, 4.69) is 4.74 Å². The SMILES string of the molecule is COC(=O)c1ccc(-c2ccc(/C=C3/SC(=O)N([C@@H](C)C(=O)OC)C3=O)o2)c(C)c1. The number of benzene rings is 1. The Labute approximate surface area is 176 Å². The van der Waals surface area contributed by atoms with Gasteiger partial charge in [-0.15, -0.1) is 0 Å². The number of hydrogen-bond acceptors (Lipinski definition) is 8. The molecule has 1 aliphatic rings. The summed E-state index contributed by atoms with van der Waals surface area (Å²) in [4.78, 5) is 49.1. The molecule has 1 aliphatic heterocycles. The number of carbonyl (C=O) groups is 4. The number of aryl methyl sites for hydroxylation is 1. The van der Waals surface area contributed by atoms with Crippen molar-refractivity contribution in [2.45, 2.75) is 19.9 Å². The van der Waals surface area contributed by atoms with Crippen LogP contribution in [0.5, 0.6) is 0 Å². The molecular weight excluding hydrogens is 410 g/mol. The molecule has 2 amide bonds. The van der Waals surface area contributed by atoms with Crippen LogP contribution in [0.3, 0.4) is 0 Å². The van der Waals surface area contributed by atoms with Gasteiger partial charge in [0.05, 0.1) is 24.7 Å². The molecule has 0 aliphatic carbocycles. The van der Waals surface area contributed by atoms with Gasteiger partial charge in [0.25, 0.3) is 11.1 Å². The molecule has 0 spiro atoms. The van der Waals surface area contributed by atoms with E-state index in [4.69, 9.17) is 9.15 Å². The molecule has 2 heterocycles. The number of nitrogens with zero attached hydrogens (tertiary/aromatic N) is 1. The number of thioether (sulfide) groups is 1. The highest BCUT2D eigenvalue weighted by molar-refractivity contribution is 8.18. The second kappa shape index (κ2) is 8.58. The zero-order valence-electron chi connectivity index (χ0n) is 16.8. The number of furan rings is 1. The van der Waals surface area contributed by atoms with Crippen molar-refractivity contribution in [2.24, 2.45) is 0 Å². The van der Waals surface area contributed by atoms with Gasteiger partial charge in [0, 0.05) is 11.6 Å². The van der Waals surface area contributed by atoms with Crippen molar-refractivity contribution in [3.8, 4) is 11.3 Å². The molecule has 1 aromatic carbocycles. The quantitative estimate of drug-likeness (QED) is 0.524. The summed E-state index contributed by atoms with van der Waals surface area (Å²) in [7, 11) is 2.51. The maximum atomic E-state index is 12.6. The summed E-state index contributed by atoms with van der Waals surface area (Å²) in [5, 5.41) is -0.551. The number of carbonyl (C=O) groups excluding carboxylic acids is 4. The van der Waals surface area contributed by atoms with Gasteiger partial charge in [0.2, 0.25) is 0 Å². The molecule has 3 rings (SSSR count). The molecule has 1 fully saturated rings. The molecule has 0 N–H and O–H groups in total. The zero-order valence-corrected chi connectivity index (χ0v) is 17.6. The minimum absolute atomic E-state index is 0.148. The van der Waals surface area contributed by atoms with Gasteiger partial charge in [0.1, 0.15) is 17.6 Å². The number of ether oxygens (including phenoxy) is 2. The van der Waals surface area contributed by atoms with Crippen LogP contribution < -0.4 is 0 Å². The highest BCUT2D eigenvalue weighted by Crippen LogP contribution is 2.35. The topological polar surface area (TPSA) is 103 Å².